The summed E-state index contributed by atoms with van der Waals surface area (Å²) >= 11 is 5.87. The number of nitrogens with one attached hydrogen (secondary N) is 2. The van der Waals surface area contributed by atoms with E-state index in [9.17, 15) is 23.9 Å². The lowest BCUT2D eigenvalue weighted by atomic mass is 10.1. The van der Waals surface area contributed by atoms with Crippen molar-refractivity contribution in [2.75, 3.05) is 35.2 Å². The predicted octanol–water partition coefficient (Wildman–Crippen LogP) is 3.46. The van der Waals surface area contributed by atoms with Crippen molar-refractivity contribution in [2.45, 2.75) is 25.3 Å². The molecule has 0 aromatic heterocycles. The molecule has 2 aromatic rings. The number of hydrogen-bond donors (Lipinski definition) is 3. The summed E-state index contributed by atoms with van der Waals surface area (Å²) in [5.74, 6) is -1.56. The second-order valence-electron chi connectivity index (χ2n) is 8.19. The van der Waals surface area contributed by atoms with E-state index in [2.05, 4.69) is 10.6 Å². The molecule has 8 nitrogen and oxygen atoms in total. The van der Waals surface area contributed by atoms with Crippen LogP contribution in [0.3, 0.4) is 0 Å². The Balaban J connectivity index is 1.46. The molecule has 33 heavy (non-hydrogen) atoms. The van der Waals surface area contributed by atoms with Gasteiger partial charge in [0.1, 0.15) is 11.9 Å². The highest BCUT2D eigenvalue weighted by atomic mass is 35.5. The monoisotopic (exact) mass is 474 g/mol. The molecular formula is C23H24ClFN4O4. The van der Waals surface area contributed by atoms with Crippen LogP contribution in [0.1, 0.15) is 19.3 Å². The number of hydrogen-bond acceptors (Lipinski definition) is 4. The third-order valence-electron chi connectivity index (χ3n) is 5.90. The van der Waals surface area contributed by atoms with Crippen molar-refractivity contribution < 1.29 is 23.9 Å². The Morgan fingerprint density at radius 3 is 2.55 bits per heavy atom. The number of carbonyl (C=O) groups is 3. The Morgan fingerprint density at radius 1 is 1.15 bits per heavy atom. The number of carbonyl (C=O) groups excluding carboxylic acids is 3. The molecule has 4 amide bonds. The highest BCUT2D eigenvalue weighted by molar-refractivity contribution is 6.30. The van der Waals surface area contributed by atoms with Gasteiger partial charge >= 0.3 is 6.03 Å². The van der Waals surface area contributed by atoms with Crippen LogP contribution in [0.2, 0.25) is 5.02 Å². The van der Waals surface area contributed by atoms with E-state index in [1.54, 1.807) is 30.3 Å². The summed E-state index contributed by atoms with van der Waals surface area (Å²) in [6, 6.07) is 9.35. The molecule has 2 heterocycles. The van der Waals surface area contributed by atoms with Crippen LogP contribution in [0.15, 0.2) is 42.5 Å². The van der Waals surface area contributed by atoms with Crippen molar-refractivity contribution in [3.63, 3.8) is 0 Å². The lowest BCUT2D eigenvalue weighted by Gasteiger charge is -2.24. The number of rotatable bonds is 5. The molecule has 0 radical (unpaired) electrons. The fourth-order valence-corrected chi connectivity index (χ4v) is 4.29. The van der Waals surface area contributed by atoms with E-state index >= 15 is 0 Å². The van der Waals surface area contributed by atoms with Crippen LogP contribution in [0.4, 0.5) is 26.2 Å². The van der Waals surface area contributed by atoms with Crippen LogP contribution < -0.4 is 15.5 Å². The normalized spacial score (nSPS) is 20.3. The van der Waals surface area contributed by atoms with Crippen LogP contribution in [0, 0.1) is 11.7 Å². The molecule has 2 saturated heterocycles. The summed E-state index contributed by atoms with van der Waals surface area (Å²) in [6.45, 7) is 0.542. The number of likely N-dealkylation sites (tertiary alicyclic amines) is 1. The molecule has 0 unspecified atom stereocenters. The zero-order valence-electron chi connectivity index (χ0n) is 17.8. The number of amides is 4. The first kappa shape index (κ1) is 23.0. The van der Waals surface area contributed by atoms with E-state index in [0.29, 0.717) is 29.4 Å². The molecular weight excluding hydrogens is 451 g/mol. The summed E-state index contributed by atoms with van der Waals surface area (Å²) in [6.07, 6.45) is 1.40. The van der Waals surface area contributed by atoms with Crippen LogP contribution >= 0.6 is 11.6 Å². The molecule has 2 atom stereocenters. The van der Waals surface area contributed by atoms with Crippen molar-refractivity contribution >= 4 is 46.5 Å². The first-order valence-electron chi connectivity index (χ1n) is 10.7. The Morgan fingerprint density at radius 2 is 1.91 bits per heavy atom. The van der Waals surface area contributed by atoms with E-state index in [1.807, 2.05) is 0 Å². The van der Waals surface area contributed by atoms with E-state index in [-0.39, 0.29) is 37.1 Å². The maximum atomic E-state index is 14.7. The standard InChI is InChI=1S/C23H24ClFN4O4/c24-15-3-5-16(6-4-15)26-23(33)29-12-14(13-30)10-20(29)22(32)27-19-8-7-17(11-18(19)25)28-9-1-2-21(28)31/h3-8,11,14,20,30H,1-2,9-10,12-13H2,(H,26,33)(H,27,32)/t14-,20-/m1/s1. The highest BCUT2D eigenvalue weighted by Crippen LogP contribution is 2.28. The van der Waals surface area contributed by atoms with Gasteiger partial charge < -0.3 is 25.5 Å². The molecule has 10 heteroatoms. The number of urea groups is 1. The Kier molecular flexibility index (Phi) is 6.80. The molecule has 3 N–H and O–H groups in total. The van der Waals surface area contributed by atoms with E-state index in [4.69, 9.17) is 11.6 Å². The lowest BCUT2D eigenvalue weighted by Crippen LogP contribution is -2.45. The van der Waals surface area contributed by atoms with Crippen molar-refractivity contribution in [1.82, 2.24) is 4.90 Å². The maximum Gasteiger partial charge on any atom is 0.322 e. The van der Waals surface area contributed by atoms with E-state index < -0.39 is 23.8 Å². The number of anilines is 3. The Labute approximate surface area is 195 Å². The van der Waals surface area contributed by atoms with E-state index in [1.165, 1.54) is 21.9 Å². The van der Waals surface area contributed by atoms with Crippen molar-refractivity contribution in [2.24, 2.45) is 5.92 Å². The molecule has 2 aliphatic heterocycles. The lowest BCUT2D eigenvalue weighted by molar-refractivity contribution is -0.119. The highest BCUT2D eigenvalue weighted by Gasteiger charge is 2.39. The fraction of sp³-hybridized carbons (Fsp3) is 0.348. The average molecular weight is 475 g/mol. The van der Waals surface area contributed by atoms with Gasteiger partial charge in [0.25, 0.3) is 0 Å². The molecule has 2 aliphatic rings. The van der Waals surface area contributed by atoms with Crippen LogP contribution in [-0.2, 0) is 9.59 Å². The van der Waals surface area contributed by atoms with Gasteiger partial charge in [-0.25, -0.2) is 9.18 Å². The van der Waals surface area contributed by atoms with Crippen LogP contribution in [0.25, 0.3) is 0 Å². The zero-order chi connectivity index (χ0) is 23.5. The second kappa shape index (κ2) is 9.76. The predicted molar refractivity (Wildman–Crippen MR) is 123 cm³/mol. The molecule has 2 fully saturated rings. The maximum absolute atomic E-state index is 14.7. The third-order valence-corrected chi connectivity index (χ3v) is 6.15. The average Bonchev–Trinajstić information content (AvgIpc) is 3.43. The summed E-state index contributed by atoms with van der Waals surface area (Å²) < 4.78 is 14.7. The summed E-state index contributed by atoms with van der Waals surface area (Å²) in [7, 11) is 0. The number of benzene rings is 2. The Bertz CT molecular complexity index is 1060. The largest absolute Gasteiger partial charge is 0.396 e. The zero-order valence-corrected chi connectivity index (χ0v) is 18.5. The van der Waals surface area contributed by atoms with Crippen LogP contribution in [0.5, 0.6) is 0 Å². The third kappa shape index (κ3) is 5.09. The minimum atomic E-state index is -0.881. The molecule has 0 saturated carbocycles. The second-order valence-corrected chi connectivity index (χ2v) is 8.63. The van der Waals surface area contributed by atoms with Gasteiger partial charge in [0.05, 0.1) is 5.69 Å². The molecule has 0 aliphatic carbocycles. The van der Waals surface area contributed by atoms with Crippen molar-refractivity contribution in [3.8, 4) is 0 Å². The van der Waals surface area contributed by atoms with E-state index in [0.717, 1.165) is 6.42 Å². The molecule has 0 bridgehead atoms. The summed E-state index contributed by atoms with van der Waals surface area (Å²) in [5, 5.41) is 15.4. The van der Waals surface area contributed by atoms with Crippen molar-refractivity contribution in [1.29, 1.82) is 0 Å². The molecule has 0 spiro atoms. The molecule has 4 rings (SSSR count). The van der Waals surface area contributed by atoms with Gasteiger partial charge in [0.2, 0.25) is 11.8 Å². The smallest absolute Gasteiger partial charge is 0.322 e. The summed E-state index contributed by atoms with van der Waals surface area (Å²) in [5.41, 5.74) is 0.910. The molecule has 2 aromatic carbocycles. The minimum Gasteiger partial charge on any atom is -0.396 e. The minimum absolute atomic E-state index is 0.0408. The SMILES string of the molecule is O=C(Nc1ccc(N2CCCC2=O)cc1F)[C@H]1C[C@@H](CO)CN1C(=O)Nc1ccc(Cl)cc1. The van der Waals surface area contributed by atoms with Crippen LogP contribution in [-0.4, -0.2) is 53.6 Å². The topological polar surface area (TPSA) is 102 Å². The van der Waals surface area contributed by atoms with Gasteiger partial charge in [-0.1, -0.05) is 11.6 Å². The first-order chi connectivity index (χ1) is 15.9. The Hall–Kier alpha value is -3.17. The number of nitrogens with zero attached hydrogens (tertiary/aromatic N) is 2. The first-order valence-corrected chi connectivity index (χ1v) is 11.1. The van der Waals surface area contributed by atoms with Crippen molar-refractivity contribution in [3.05, 3.63) is 53.3 Å². The fourth-order valence-electron chi connectivity index (χ4n) is 4.17. The number of aliphatic hydroxyl groups is 1. The quantitative estimate of drug-likeness (QED) is 0.617. The number of halogens is 2. The van der Waals surface area contributed by atoms with Gasteiger partial charge in [-0.3, -0.25) is 9.59 Å². The van der Waals surface area contributed by atoms with Gasteiger partial charge in [0, 0.05) is 48.4 Å². The summed E-state index contributed by atoms with van der Waals surface area (Å²) in [4.78, 5) is 40.5. The van der Waals surface area contributed by atoms with Gasteiger partial charge in [-0.05, 0) is 55.3 Å². The van der Waals surface area contributed by atoms with Gasteiger partial charge in [0.15, 0.2) is 0 Å². The van der Waals surface area contributed by atoms with Gasteiger partial charge in [-0.15, -0.1) is 0 Å². The van der Waals surface area contributed by atoms with Gasteiger partial charge in [-0.2, -0.15) is 0 Å². The number of aliphatic hydroxyl groups excluding tert-OH is 1. The molecule has 174 valence electrons.